The van der Waals surface area contributed by atoms with Crippen LogP contribution in [0.25, 0.3) is 6.08 Å². The van der Waals surface area contributed by atoms with Gasteiger partial charge < -0.3 is 4.74 Å². The Labute approximate surface area is 105 Å². The Bertz CT molecular complexity index is 452. The minimum atomic E-state index is -4.28. The van der Waals surface area contributed by atoms with E-state index in [9.17, 15) is 13.2 Å². The summed E-state index contributed by atoms with van der Waals surface area (Å²) in [4.78, 5) is 0. The van der Waals surface area contributed by atoms with Gasteiger partial charge in [-0.25, -0.2) is 0 Å². The van der Waals surface area contributed by atoms with E-state index < -0.39 is 12.8 Å². The number of allylic oxidation sites excluding steroid dienone is 1. The first kappa shape index (κ1) is 12.5. The molecule has 0 aromatic heterocycles. The van der Waals surface area contributed by atoms with E-state index in [1.54, 1.807) is 6.08 Å². The summed E-state index contributed by atoms with van der Waals surface area (Å²) in [6.07, 6.45) is -1.38. The van der Waals surface area contributed by atoms with E-state index >= 15 is 0 Å². The lowest BCUT2D eigenvalue weighted by Gasteiger charge is -2.18. The van der Waals surface area contributed by atoms with Crippen molar-refractivity contribution in [2.24, 2.45) is 0 Å². The Hall–Kier alpha value is -0.970. The van der Waals surface area contributed by atoms with Gasteiger partial charge in [0, 0.05) is 10.9 Å². The third kappa shape index (κ3) is 3.49. The van der Waals surface area contributed by atoms with Gasteiger partial charge in [-0.2, -0.15) is 13.2 Å². The molecule has 0 bridgehead atoms. The van der Waals surface area contributed by atoms with Crippen LogP contribution in [0.5, 0.6) is 0 Å². The van der Waals surface area contributed by atoms with Crippen LogP contribution in [0.4, 0.5) is 13.2 Å². The number of ether oxygens (including phenoxy) is 1. The van der Waals surface area contributed by atoms with Crippen LogP contribution in [0.15, 0.2) is 28.4 Å². The highest BCUT2D eigenvalue weighted by atomic mass is 79.9. The van der Waals surface area contributed by atoms with Crippen molar-refractivity contribution in [3.8, 4) is 0 Å². The molecular weight excluding hydrogens is 297 g/mol. The largest absolute Gasteiger partial charge is 0.488 e. The van der Waals surface area contributed by atoms with Crippen molar-refractivity contribution in [2.45, 2.75) is 19.0 Å². The Morgan fingerprint density at radius 1 is 1.24 bits per heavy atom. The van der Waals surface area contributed by atoms with Gasteiger partial charge >= 0.3 is 6.18 Å². The molecule has 92 valence electrons. The molecule has 0 fully saturated rings. The molecule has 0 saturated carbocycles. The zero-order chi connectivity index (χ0) is 12.5. The zero-order valence-corrected chi connectivity index (χ0v) is 10.4. The van der Waals surface area contributed by atoms with E-state index in [1.165, 1.54) is 0 Å². The van der Waals surface area contributed by atoms with Crippen LogP contribution in [0.2, 0.25) is 0 Å². The number of hydrogen-bond acceptors (Lipinski definition) is 1. The minimum absolute atomic E-state index is 0.400. The molecule has 0 N–H and O–H groups in total. The van der Waals surface area contributed by atoms with Crippen LogP contribution in [-0.2, 0) is 11.2 Å². The average molecular weight is 307 g/mol. The van der Waals surface area contributed by atoms with Crippen LogP contribution in [0.3, 0.4) is 0 Å². The first-order valence-electron chi connectivity index (χ1n) is 5.12. The van der Waals surface area contributed by atoms with Gasteiger partial charge in [0.1, 0.15) is 0 Å². The SMILES string of the molecule is FC(F)(F)COC1=Cc2ccc(Br)cc2CC1. The van der Waals surface area contributed by atoms with E-state index in [0.717, 1.165) is 15.6 Å². The summed E-state index contributed by atoms with van der Waals surface area (Å²) in [5, 5.41) is 0. The molecule has 17 heavy (non-hydrogen) atoms. The molecule has 0 amide bonds. The normalized spacial score (nSPS) is 15.2. The van der Waals surface area contributed by atoms with E-state index in [2.05, 4.69) is 15.9 Å². The molecule has 0 unspecified atom stereocenters. The lowest BCUT2D eigenvalue weighted by molar-refractivity contribution is -0.165. The summed E-state index contributed by atoms with van der Waals surface area (Å²) in [7, 11) is 0. The molecule has 0 spiro atoms. The molecule has 2 rings (SSSR count). The highest BCUT2D eigenvalue weighted by Crippen LogP contribution is 2.28. The second-order valence-electron chi connectivity index (χ2n) is 3.86. The third-order valence-electron chi connectivity index (χ3n) is 2.48. The van der Waals surface area contributed by atoms with Crippen molar-refractivity contribution in [2.75, 3.05) is 6.61 Å². The van der Waals surface area contributed by atoms with Crippen LogP contribution in [0.1, 0.15) is 17.5 Å². The molecule has 1 aromatic rings. The number of aryl methyl sites for hydroxylation is 1. The fraction of sp³-hybridized carbons (Fsp3) is 0.333. The molecule has 1 aliphatic rings. The standard InChI is InChI=1S/C12H10BrF3O/c13-10-3-1-9-6-11(4-2-8(9)5-10)17-7-12(14,15)16/h1,3,5-6H,2,4,7H2. The van der Waals surface area contributed by atoms with Crippen LogP contribution in [-0.4, -0.2) is 12.8 Å². The predicted octanol–water partition coefficient (Wildman–Crippen LogP) is 4.32. The van der Waals surface area contributed by atoms with Crippen LogP contribution >= 0.6 is 15.9 Å². The molecule has 1 aliphatic carbocycles. The maximum absolute atomic E-state index is 12.0. The lowest BCUT2D eigenvalue weighted by atomic mass is 9.96. The number of hydrogen-bond donors (Lipinski definition) is 0. The smallest absolute Gasteiger partial charge is 0.422 e. The Balaban J connectivity index is 2.10. The fourth-order valence-corrected chi connectivity index (χ4v) is 2.13. The van der Waals surface area contributed by atoms with Crippen molar-refractivity contribution in [1.29, 1.82) is 0 Å². The molecule has 0 heterocycles. The summed E-state index contributed by atoms with van der Waals surface area (Å²) >= 11 is 3.36. The monoisotopic (exact) mass is 306 g/mol. The summed E-state index contributed by atoms with van der Waals surface area (Å²) in [6.45, 7) is -1.22. The highest BCUT2D eigenvalue weighted by Gasteiger charge is 2.29. The molecule has 0 saturated heterocycles. The maximum Gasteiger partial charge on any atom is 0.422 e. The van der Waals surface area contributed by atoms with Crippen molar-refractivity contribution in [1.82, 2.24) is 0 Å². The molecule has 1 aromatic carbocycles. The molecule has 0 aliphatic heterocycles. The highest BCUT2D eigenvalue weighted by molar-refractivity contribution is 9.10. The first-order valence-corrected chi connectivity index (χ1v) is 5.92. The van der Waals surface area contributed by atoms with Gasteiger partial charge in [0.2, 0.25) is 0 Å². The number of rotatable bonds is 2. The van der Waals surface area contributed by atoms with E-state index in [4.69, 9.17) is 4.74 Å². The third-order valence-corrected chi connectivity index (χ3v) is 2.98. The van der Waals surface area contributed by atoms with Gasteiger partial charge in [0.15, 0.2) is 6.61 Å². The van der Waals surface area contributed by atoms with Crippen molar-refractivity contribution in [3.05, 3.63) is 39.6 Å². The lowest BCUT2D eigenvalue weighted by Crippen LogP contribution is -2.17. The van der Waals surface area contributed by atoms with Gasteiger partial charge in [0.25, 0.3) is 0 Å². The Morgan fingerprint density at radius 3 is 2.71 bits per heavy atom. The number of benzene rings is 1. The van der Waals surface area contributed by atoms with Gasteiger partial charge in [-0.3, -0.25) is 0 Å². The average Bonchev–Trinajstić information content (AvgIpc) is 2.25. The molecule has 5 heteroatoms. The topological polar surface area (TPSA) is 9.23 Å². The molecule has 0 atom stereocenters. The summed E-state index contributed by atoms with van der Waals surface area (Å²) in [6, 6.07) is 5.71. The molecule has 1 nitrogen and oxygen atoms in total. The second-order valence-corrected chi connectivity index (χ2v) is 4.77. The van der Waals surface area contributed by atoms with Crippen LogP contribution < -0.4 is 0 Å². The van der Waals surface area contributed by atoms with Crippen molar-refractivity contribution in [3.63, 3.8) is 0 Å². The van der Waals surface area contributed by atoms with E-state index in [-0.39, 0.29) is 0 Å². The van der Waals surface area contributed by atoms with E-state index in [0.29, 0.717) is 18.6 Å². The second kappa shape index (κ2) is 4.72. The number of fused-ring (bicyclic) bond motifs is 1. The summed E-state index contributed by atoms with van der Waals surface area (Å²) in [5.41, 5.74) is 2.05. The minimum Gasteiger partial charge on any atom is -0.488 e. The summed E-state index contributed by atoms with van der Waals surface area (Å²) in [5.74, 6) is 0.400. The quantitative estimate of drug-likeness (QED) is 0.791. The number of halogens is 4. The molecular formula is C12H10BrF3O. The Morgan fingerprint density at radius 2 is 2.00 bits per heavy atom. The Kier molecular flexibility index (Phi) is 3.47. The predicted molar refractivity (Wildman–Crippen MR) is 62.4 cm³/mol. The van der Waals surface area contributed by atoms with E-state index in [1.807, 2.05) is 18.2 Å². The molecule has 0 radical (unpaired) electrons. The van der Waals surface area contributed by atoms with Crippen LogP contribution in [0, 0.1) is 0 Å². The number of alkyl halides is 3. The zero-order valence-electron chi connectivity index (χ0n) is 8.85. The summed E-state index contributed by atoms with van der Waals surface area (Å²) < 4.78 is 41.7. The maximum atomic E-state index is 12.0. The van der Waals surface area contributed by atoms with Gasteiger partial charge in [-0.05, 0) is 35.8 Å². The van der Waals surface area contributed by atoms with Gasteiger partial charge in [-0.15, -0.1) is 0 Å². The van der Waals surface area contributed by atoms with Gasteiger partial charge in [-0.1, -0.05) is 22.0 Å². The van der Waals surface area contributed by atoms with Crippen molar-refractivity contribution < 1.29 is 17.9 Å². The van der Waals surface area contributed by atoms with Crippen molar-refractivity contribution >= 4 is 22.0 Å². The first-order chi connectivity index (χ1) is 7.94. The fourth-order valence-electron chi connectivity index (χ4n) is 1.72. The van der Waals surface area contributed by atoms with Gasteiger partial charge in [0.05, 0.1) is 5.76 Å².